The van der Waals surface area contributed by atoms with Crippen LogP contribution in [-0.2, 0) is 19.4 Å². The normalized spacial score (nSPS) is 18.2. The van der Waals surface area contributed by atoms with E-state index in [1.807, 2.05) is 36.2 Å². The number of amides is 1. The Morgan fingerprint density at radius 3 is 2.50 bits per heavy atom. The average molecular weight is 435 g/mol. The van der Waals surface area contributed by atoms with Crippen molar-refractivity contribution < 1.29 is 9.53 Å². The van der Waals surface area contributed by atoms with E-state index in [1.54, 1.807) is 0 Å². The molecule has 4 heteroatoms. The number of nitrogens with zero attached hydrogens (tertiary/aromatic N) is 1. The van der Waals surface area contributed by atoms with E-state index < -0.39 is 0 Å². The van der Waals surface area contributed by atoms with Gasteiger partial charge in [0.05, 0.1) is 6.61 Å². The lowest BCUT2D eigenvalue weighted by Crippen LogP contribution is -2.40. The molecule has 1 amide bonds. The van der Waals surface area contributed by atoms with Crippen LogP contribution >= 0.6 is 0 Å². The molecule has 4 rings (SSSR count). The van der Waals surface area contributed by atoms with E-state index in [1.165, 1.54) is 29.5 Å². The molecule has 1 N–H and O–H groups in total. The Morgan fingerprint density at radius 2 is 1.81 bits per heavy atom. The number of hydrogen-bond acceptors (Lipinski definition) is 3. The molecule has 2 aromatic rings. The lowest BCUT2D eigenvalue weighted by Gasteiger charge is -2.33. The second-order valence-electron chi connectivity index (χ2n) is 10.9. The SMILES string of the molecule is CN(C(=O)c1ccc(OCC2CC2)cc1)[C@H]1CCc2cc(CNCC(C)(C)C)ccc2C1. The van der Waals surface area contributed by atoms with Crippen LogP contribution in [0.2, 0.25) is 0 Å². The number of nitrogens with one attached hydrogen (secondary N) is 1. The molecule has 172 valence electrons. The number of ether oxygens (including phenoxy) is 1. The van der Waals surface area contributed by atoms with Crippen molar-refractivity contribution in [1.82, 2.24) is 10.2 Å². The number of rotatable bonds is 8. The molecule has 0 radical (unpaired) electrons. The predicted octanol–water partition coefficient (Wildman–Crippen LogP) is 5.24. The molecule has 1 fully saturated rings. The minimum absolute atomic E-state index is 0.0928. The summed E-state index contributed by atoms with van der Waals surface area (Å²) >= 11 is 0. The van der Waals surface area contributed by atoms with E-state index >= 15 is 0 Å². The van der Waals surface area contributed by atoms with Gasteiger partial charge in [0.25, 0.3) is 5.91 Å². The van der Waals surface area contributed by atoms with Crippen molar-refractivity contribution in [1.29, 1.82) is 0 Å². The zero-order chi connectivity index (χ0) is 22.7. The first-order chi connectivity index (χ1) is 15.3. The van der Waals surface area contributed by atoms with Gasteiger partial charge in [-0.05, 0) is 84.4 Å². The number of benzene rings is 2. The van der Waals surface area contributed by atoms with Gasteiger partial charge in [-0.3, -0.25) is 4.79 Å². The highest BCUT2D eigenvalue weighted by Gasteiger charge is 2.26. The number of hydrogen-bond donors (Lipinski definition) is 1. The van der Waals surface area contributed by atoms with Crippen LogP contribution in [0, 0.1) is 11.3 Å². The lowest BCUT2D eigenvalue weighted by molar-refractivity contribution is 0.0719. The largest absolute Gasteiger partial charge is 0.493 e. The van der Waals surface area contributed by atoms with Gasteiger partial charge in [0.2, 0.25) is 0 Å². The fourth-order valence-electron chi connectivity index (χ4n) is 4.37. The van der Waals surface area contributed by atoms with E-state index in [9.17, 15) is 4.79 Å². The average Bonchev–Trinajstić information content (AvgIpc) is 3.60. The first-order valence-electron chi connectivity index (χ1n) is 12.1. The van der Waals surface area contributed by atoms with Gasteiger partial charge in [-0.15, -0.1) is 0 Å². The molecule has 4 nitrogen and oxygen atoms in total. The third kappa shape index (κ3) is 6.13. The summed E-state index contributed by atoms with van der Waals surface area (Å²) in [5.74, 6) is 1.68. The van der Waals surface area contributed by atoms with Gasteiger partial charge in [-0.25, -0.2) is 0 Å². The van der Waals surface area contributed by atoms with Crippen molar-refractivity contribution in [3.8, 4) is 5.75 Å². The molecule has 2 aromatic carbocycles. The highest BCUT2D eigenvalue weighted by Crippen LogP contribution is 2.30. The van der Waals surface area contributed by atoms with Crippen LogP contribution < -0.4 is 10.1 Å². The van der Waals surface area contributed by atoms with E-state index in [0.717, 1.165) is 56.2 Å². The van der Waals surface area contributed by atoms with Gasteiger partial charge < -0.3 is 15.0 Å². The van der Waals surface area contributed by atoms with Gasteiger partial charge >= 0.3 is 0 Å². The highest BCUT2D eigenvalue weighted by atomic mass is 16.5. The summed E-state index contributed by atoms with van der Waals surface area (Å²) in [6, 6.07) is 14.7. The Hall–Kier alpha value is -2.33. The first kappa shape index (κ1) is 22.8. The molecular weight excluding hydrogens is 396 g/mol. The predicted molar refractivity (Wildman–Crippen MR) is 130 cm³/mol. The van der Waals surface area contributed by atoms with Crippen LogP contribution in [-0.4, -0.2) is 37.0 Å². The molecule has 0 unspecified atom stereocenters. The zero-order valence-electron chi connectivity index (χ0n) is 20.1. The third-order valence-corrected chi connectivity index (χ3v) is 6.61. The van der Waals surface area contributed by atoms with E-state index in [2.05, 4.69) is 44.3 Å². The van der Waals surface area contributed by atoms with E-state index in [-0.39, 0.29) is 11.9 Å². The van der Waals surface area contributed by atoms with Crippen LogP contribution in [0.1, 0.15) is 67.1 Å². The van der Waals surface area contributed by atoms with Gasteiger partial charge in [-0.2, -0.15) is 0 Å². The van der Waals surface area contributed by atoms with Crippen LogP contribution in [0.15, 0.2) is 42.5 Å². The summed E-state index contributed by atoms with van der Waals surface area (Å²) in [5, 5.41) is 3.57. The fraction of sp³-hybridized carbons (Fsp3) is 0.536. The summed E-state index contributed by atoms with van der Waals surface area (Å²) in [5.41, 5.74) is 5.19. The van der Waals surface area contributed by atoms with Gasteiger partial charge in [0, 0.05) is 31.7 Å². The number of fused-ring (bicyclic) bond motifs is 1. The summed E-state index contributed by atoms with van der Waals surface area (Å²) < 4.78 is 5.80. The second-order valence-corrected chi connectivity index (χ2v) is 10.9. The highest BCUT2D eigenvalue weighted by molar-refractivity contribution is 5.94. The fourth-order valence-corrected chi connectivity index (χ4v) is 4.37. The van der Waals surface area contributed by atoms with Crippen LogP contribution in [0.4, 0.5) is 0 Å². The molecule has 0 bridgehead atoms. The Morgan fingerprint density at radius 1 is 1.06 bits per heavy atom. The van der Waals surface area contributed by atoms with Crippen LogP contribution in [0.25, 0.3) is 0 Å². The molecule has 0 heterocycles. The molecule has 32 heavy (non-hydrogen) atoms. The monoisotopic (exact) mass is 434 g/mol. The summed E-state index contributed by atoms with van der Waals surface area (Å²) in [4.78, 5) is 15.0. The summed E-state index contributed by atoms with van der Waals surface area (Å²) in [7, 11) is 1.94. The number of likely N-dealkylation sites (N-methyl/N-ethyl adjacent to an activating group) is 1. The topological polar surface area (TPSA) is 41.6 Å². The molecule has 0 aliphatic heterocycles. The van der Waals surface area contributed by atoms with Crippen LogP contribution in [0.5, 0.6) is 5.75 Å². The summed E-state index contributed by atoms with van der Waals surface area (Å²) in [6.07, 6.45) is 5.52. The maximum Gasteiger partial charge on any atom is 0.253 e. The third-order valence-electron chi connectivity index (χ3n) is 6.61. The summed E-state index contributed by atoms with van der Waals surface area (Å²) in [6.45, 7) is 9.47. The first-order valence-corrected chi connectivity index (χ1v) is 12.1. The van der Waals surface area contributed by atoms with Crippen LogP contribution in [0.3, 0.4) is 0 Å². The standard InChI is InChI=1S/C28H38N2O2/c1-28(2,3)19-29-17-21-7-8-24-16-25(12-9-23(24)15-21)30(4)27(31)22-10-13-26(14-11-22)32-18-20-5-6-20/h7-8,10-11,13-15,20,25,29H,5-6,9,12,16-19H2,1-4H3/t25-/m0/s1. The smallest absolute Gasteiger partial charge is 0.253 e. The van der Waals surface area contributed by atoms with Gasteiger partial charge in [-0.1, -0.05) is 39.0 Å². The molecule has 2 aliphatic rings. The quantitative estimate of drug-likeness (QED) is 0.618. The molecule has 0 spiro atoms. The number of aryl methyl sites for hydroxylation is 1. The Balaban J connectivity index is 1.32. The van der Waals surface area contributed by atoms with Crippen molar-refractivity contribution in [2.75, 3.05) is 20.2 Å². The molecular formula is C28H38N2O2. The van der Waals surface area contributed by atoms with Crippen molar-refractivity contribution in [3.05, 3.63) is 64.7 Å². The minimum Gasteiger partial charge on any atom is -0.493 e. The molecule has 1 saturated carbocycles. The maximum atomic E-state index is 13.1. The minimum atomic E-state index is 0.0928. The lowest BCUT2D eigenvalue weighted by atomic mass is 9.86. The number of carbonyl (C=O) groups is 1. The molecule has 0 aromatic heterocycles. The van der Waals surface area contributed by atoms with Crippen molar-refractivity contribution >= 4 is 5.91 Å². The van der Waals surface area contributed by atoms with Crippen molar-refractivity contribution in [3.63, 3.8) is 0 Å². The number of carbonyl (C=O) groups excluding carboxylic acids is 1. The molecule has 1 atom stereocenters. The Kier molecular flexibility index (Phi) is 6.90. The molecule has 0 saturated heterocycles. The second kappa shape index (κ2) is 9.66. The zero-order valence-corrected chi connectivity index (χ0v) is 20.1. The van der Waals surface area contributed by atoms with Crippen molar-refractivity contribution in [2.45, 2.75) is 65.5 Å². The Labute approximate surface area is 193 Å². The Bertz CT molecular complexity index is 925. The van der Waals surface area contributed by atoms with Crippen molar-refractivity contribution in [2.24, 2.45) is 11.3 Å². The maximum absolute atomic E-state index is 13.1. The van der Waals surface area contributed by atoms with Gasteiger partial charge in [0.15, 0.2) is 0 Å². The van der Waals surface area contributed by atoms with Gasteiger partial charge in [0.1, 0.15) is 5.75 Å². The van der Waals surface area contributed by atoms with E-state index in [0.29, 0.717) is 5.41 Å². The molecule has 2 aliphatic carbocycles. The van der Waals surface area contributed by atoms with E-state index in [4.69, 9.17) is 4.74 Å².